The van der Waals surface area contributed by atoms with Crippen LogP contribution in [0.15, 0.2) is 11.6 Å². The molecule has 0 radical (unpaired) electrons. The van der Waals surface area contributed by atoms with Gasteiger partial charge in [0, 0.05) is 18.7 Å². The van der Waals surface area contributed by atoms with E-state index in [2.05, 4.69) is 37.5 Å². The summed E-state index contributed by atoms with van der Waals surface area (Å²) in [6.07, 6.45) is 3.68. The Kier molecular flexibility index (Phi) is 10.5. The molecule has 0 aliphatic carbocycles. The van der Waals surface area contributed by atoms with Gasteiger partial charge in [-0.05, 0) is 39.0 Å². The first-order chi connectivity index (χ1) is 9.08. The Morgan fingerprint density at radius 2 is 1.42 bits per heavy atom. The van der Waals surface area contributed by atoms with E-state index in [-0.39, 0.29) is 5.91 Å². The van der Waals surface area contributed by atoms with Crippen molar-refractivity contribution in [2.75, 3.05) is 39.3 Å². The number of amides is 1. The molecular weight excluding hydrogens is 238 g/mol. The van der Waals surface area contributed by atoms with E-state index in [9.17, 15) is 4.79 Å². The predicted octanol–water partition coefficient (Wildman–Crippen LogP) is 1.86. The van der Waals surface area contributed by atoms with Crippen LogP contribution >= 0.6 is 0 Å². The van der Waals surface area contributed by atoms with Crippen LogP contribution in [0.1, 0.15) is 40.5 Å². The van der Waals surface area contributed by atoms with Crippen molar-refractivity contribution in [1.29, 1.82) is 0 Å². The number of hydrogen-bond acceptors (Lipinski definition) is 3. The molecule has 4 nitrogen and oxygen atoms in total. The number of nitrogens with two attached hydrogens (primary N) is 1. The molecule has 0 aliphatic rings. The number of primary amides is 1. The Labute approximate surface area is 118 Å². The van der Waals surface area contributed by atoms with Crippen molar-refractivity contribution in [1.82, 2.24) is 9.80 Å². The fourth-order valence-electron chi connectivity index (χ4n) is 2.11. The predicted molar refractivity (Wildman–Crippen MR) is 82.1 cm³/mol. The average molecular weight is 269 g/mol. The minimum Gasteiger partial charge on any atom is -0.366 e. The highest BCUT2D eigenvalue weighted by Crippen LogP contribution is 2.05. The van der Waals surface area contributed by atoms with Gasteiger partial charge in [0.25, 0.3) is 0 Å². The van der Waals surface area contributed by atoms with Crippen LogP contribution in [0.25, 0.3) is 0 Å². The molecule has 0 aromatic carbocycles. The van der Waals surface area contributed by atoms with Gasteiger partial charge in [-0.2, -0.15) is 0 Å². The number of hydrogen-bond donors (Lipinski definition) is 1. The lowest BCUT2D eigenvalue weighted by molar-refractivity contribution is -0.114. The van der Waals surface area contributed by atoms with E-state index < -0.39 is 0 Å². The van der Waals surface area contributed by atoms with Gasteiger partial charge in [-0.3, -0.25) is 4.79 Å². The van der Waals surface area contributed by atoms with Crippen LogP contribution in [0, 0.1) is 0 Å². The maximum Gasteiger partial charge on any atom is 0.244 e. The Morgan fingerprint density at radius 3 is 1.84 bits per heavy atom. The molecule has 0 saturated heterocycles. The molecule has 1 amide bonds. The summed E-state index contributed by atoms with van der Waals surface area (Å²) in [5.41, 5.74) is 6.23. The molecule has 112 valence electrons. The van der Waals surface area contributed by atoms with E-state index >= 15 is 0 Å². The molecular formula is C15H31N3O. The average Bonchev–Trinajstić information content (AvgIpc) is 2.41. The van der Waals surface area contributed by atoms with E-state index in [4.69, 9.17) is 5.73 Å². The fourth-order valence-corrected chi connectivity index (χ4v) is 2.11. The summed E-state index contributed by atoms with van der Waals surface area (Å²) in [6.45, 7) is 14.6. The largest absolute Gasteiger partial charge is 0.366 e. The lowest BCUT2D eigenvalue weighted by atomic mass is 10.1. The molecule has 0 saturated carbocycles. The second-order valence-electron chi connectivity index (χ2n) is 4.69. The molecule has 0 fully saturated rings. The Hall–Kier alpha value is -0.870. The van der Waals surface area contributed by atoms with Gasteiger partial charge in [-0.1, -0.05) is 33.8 Å². The van der Waals surface area contributed by atoms with Crippen LogP contribution in [-0.2, 0) is 4.79 Å². The lowest BCUT2D eigenvalue weighted by Gasteiger charge is -2.19. The Morgan fingerprint density at radius 1 is 0.947 bits per heavy atom. The molecule has 4 heteroatoms. The van der Waals surface area contributed by atoms with Crippen molar-refractivity contribution in [3.8, 4) is 0 Å². The molecule has 0 aliphatic heterocycles. The smallest absolute Gasteiger partial charge is 0.244 e. The van der Waals surface area contributed by atoms with Crippen LogP contribution < -0.4 is 5.73 Å². The monoisotopic (exact) mass is 269 g/mol. The standard InChI is InChI=1S/C15H31N3O/c1-5-17(6-2)12-9-10-14(15(16)19)11-13-18(7-3)8-4/h10H,5-9,11-13H2,1-4H3,(H2,16,19)/b14-10-. The molecule has 0 spiro atoms. The number of nitrogens with zero attached hydrogens (tertiary/aromatic N) is 2. The molecule has 0 bridgehead atoms. The zero-order chi connectivity index (χ0) is 14.7. The number of rotatable bonds is 11. The van der Waals surface area contributed by atoms with Crippen LogP contribution in [0.3, 0.4) is 0 Å². The third kappa shape index (κ3) is 8.01. The van der Waals surface area contributed by atoms with Crippen molar-refractivity contribution >= 4 is 5.91 Å². The summed E-state index contributed by atoms with van der Waals surface area (Å²) in [4.78, 5) is 16.1. The first kappa shape index (κ1) is 18.1. The summed E-state index contributed by atoms with van der Waals surface area (Å²) < 4.78 is 0. The van der Waals surface area contributed by atoms with E-state index in [1.165, 1.54) is 0 Å². The number of carbonyl (C=O) groups excluding carboxylic acids is 1. The van der Waals surface area contributed by atoms with Gasteiger partial charge in [0.15, 0.2) is 0 Å². The maximum absolute atomic E-state index is 11.4. The summed E-state index contributed by atoms with van der Waals surface area (Å²) in [5, 5.41) is 0. The van der Waals surface area contributed by atoms with Crippen LogP contribution in [0.4, 0.5) is 0 Å². The van der Waals surface area contributed by atoms with Gasteiger partial charge < -0.3 is 15.5 Å². The van der Waals surface area contributed by atoms with Gasteiger partial charge in [0.1, 0.15) is 0 Å². The summed E-state index contributed by atoms with van der Waals surface area (Å²) in [7, 11) is 0. The van der Waals surface area contributed by atoms with Crippen LogP contribution in [-0.4, -0.2) is 55.0 Å². The van der Waals surface area contributed by atoms with Gasteiger partial charge in [-0.15, -0.1) is 0 Å². The minimum absolute atomic E-state index is 0.272. The molecule has 0 atom stereocenters. The highest BCUT2D eigenvalue weighted by molar-refractivity contribution is 5.91. The normalized spacial score (nSPS) is 12.4. The van der Waals surface area contributed by atoms with Crippen molar-refractivity contribution < 1.29 is 4.79 Å². The lowest BCUT2D eigenvalue weighted by Crippen LogP contribution is -2.27. The Balaban J connectivity index is 4.27. The first-order valence-electron chi connectivity index (χ1n) is 7.52. The molecule has 0 aromatic heterocycles. The molecule has 2 N–H and O–H groups in total. The van der Waals surface area contributed by atoms with Gasteiger partial charge >= 0.3 is 0 Å². The third-order valence-corrected chi connectivity index (χ3v) is 3.64. The number of carbonyl (C=O) groups is 1. The first-order valence-corrected chi connectivity index (χ1v) is 7.52. The fraction of sp³-hybridized carbons (Fsp3) is 0.800. The molecule has 0 rings (SSSR count). The topological polar surface area (TPSA) is 49.6 Å². The van der Waals surface area contributed by atoms with Gasteiger partial charge in [0.2, 0.25) is 5.91 Å². The second kappa shape index (κ2) is 11.0. The van der Waals surface area contributed by atoms with Crippen molar-refractivity contribution in [3.63, 3.8) is 0 Å². The van der Waals surface area contributed by atoms with Crippen molar-refractivity contribution in [2.24, 2.45) is 5.73 Å². The summed E-state index contributed by atoms with van der Waals surface area (Å²) in [6, 6.07) is 0. The third-order valence-electron chi connectivity index (χ3n) is 3.64. The zero-order valence-corrected chi connectivity index (χ0v) is 13.1. The van der Waals surface area contributed by atoms with E-state index in [1.54, 1.807) is 0 Å². The van der Waals surface area contributed by atoms with Gasteiger partial charge in [0.05, 0.1) is 0 Å². The highest BCUT2D eigenvalue weighted by Gasteiger charge is 2.07. The molecule has 0 aromatic rings. The highest BCUT2D eigenvalue weighted by atomic mass is 16.1. The van der Waals surface area contributed by atoms with E-state index in [0.717, 1.165) is 57.7 Å². The van der Waals surface area contributed by atoms with Crippen molar-refractivity contribution in [3.05, 3.63) is 11.6 Å². The van der Waals surface area contributed by atoms with Crippen LogP contribution in [0.2, 0.25) is 0 Å². The van der Waals surface area contributed by atoms with Crippen molar-refractivity contribution in [2.45, 2.75) is 40.5 Å². The van der Waals surface area contributed by atoms with Crippen LogP contribution in [0.5, 0.6) is 0 Å². The summed E-state index contributed by atoms with van der Waals surface area (Å²) in [5.74, 6) is -0.272. The Bertz CT molecular complexity index is 269. The maximum atomic E-state index is 11.4. The van der Waals surface area contributed by atoms with E-state index in [1.807, 2.05) is 6.08 Å². The summed E-state index contributed by atoms with van der Waals surface area (Å²) >= 11 is 0. The SMILES string of the molecule is CCN(CC)CC/C=C(/CCN(CC)CC)C(N)=O. The molecule has 0 heterocycles. The van der Waals surface area contributed by atoms with E-state index in [0.29, 0.717) is 0 Å². The molecule has 0 unspecified atom stereocenters. The van der Waals surface area contributed by atoms with Gasteiger partial charge in [-0.25, -0.2) is 0 Å². The molecule has 19 heavy (non-hydrogen) atoms. The quantitative estimate of drug-likeness (QED) is 0.583. The second-order valence-corrected chi connectivity index (χ2v) is 4.69. The zero-order valence-electron chi connectivity index (χ0n) is 13.1. The minimum atomic E-state index is -0.272.